The van der Waals surface area contributed by atoms with Crippen molar-refractivity contribution in [3.8, 4) is 0 Å². The quantitative estimate of drug-likeness (QED) is 0.701. The van der Waals surface area contributed by atoms with Crippen molar-refractivity contribution in [3.63, 3.8) is 0 Å². The van der Waals surface area contributed by atoms with Crippen LogP contribution in [0.4, 0.5) is 0 Å². The van der Waals surface area contributed by atoms with Crippen LogP contribution in [0.25, 0.3) is 10.9 Å². The maximum Gasteiger partial charge on any atom is 0.133 e. The Morgan fingerprint density at radius 1 is 1.15 bits per heavy atom. The number of nitrogens with zero attached hydrogens (tertiary/aromatic N) is 2. The summed E-state index contributed by atoms with van der Waals surface area (Å²) in [6.45, 7) is 4.12. The topological polar surface area (TPSA) is 41.6 Å². The van der Waals surface area contributed by atoms with Gasteiger partial charge in [0.1, 0.15) is 16.0 Å². The third kappa shape index (κ3) is 2.81. The molecule has 0 amide bonds. The average molecular weight is 304 g/mol. The Hall–Kier alpha value is -1.52. The lowest BCUT2D eigenvalue weighted by atomic mass is 10.2. The number of hydrogen-bond donors (Lipinski definition) is 1. The molecule has 0 aliphatic rings. The summed E-state index contributed by atoms with van der Waals surface area (Å²) in [6.07, 6.45) is 0. The van der Waals surface area contributed by atoms with Crippen molar-refractivity contribution < 1.29 is 0 Å². The van der Waals surface area contributed by atoms with Gasteiger partial charge in [-0.25, -0.2) is 9.97 Å². The lowest BCUT2D eigenvalue weighted by Crippen LogP contribution is -1.98. The molecule has 3 nitrogen and oxygen atoms in total. The summed E-state index contributed by atoms with van der Waals surface area (Å²) in [6, 6.07) is 12.1. The Labute approximate surface area is 126 Å². The molecule has 0 unspecified atom stereocenters. The number of aromatic nitrogens is 3. The van der Waals surface area contributed by atoms with Crippen LogP contribution in [0.1, 0.15) is 25.6 Å². The molecule has 0 atom stereocenters. The van der Waals surface area contributed by atoms with E-state index in [1.54, 1.807) is 17.8 Å². The summed E-state index contributed by atoms with van der Waals surface area (Å²) in [7, 11) is 0. The van der Waals surface area contributed by atoms with E-state index >= 15 is 0 Å². The van der Waals surface area contributed by atoms with Gasteiger partial charge in [-0.3, -0.25) is 0 Å². The maximum absolute atomic E-state index is 6.06. The van der Waals surface area contributed by atoms with Crippen molar-refractivity contribution >= 4 is 34.3 Å². The van der Waals surface area contributed by atoms with E-state index in [-0.39, 0.29) is 5.92 Å². The molecular formula is C15H14ClN3S. The van der Waals surface area contributed by atoms with Gasteiger partial charge in [0.05, 0.1) is 5.03 Å². The first-order valence-electron chi connectivity index (χ1n) is 6.42. The van der Waals surface area contributed by atoms with E-state index in [2.05, 4.69) is 47.0 Å². The van der Waals surface area contributed by atoms with E-state index in [9.17, 15) is 0 Å². The number of fused-ring (bicyclic) bond motifs is 1. The summed E-state index contributed by atoms with van der Waals surface area (Å²) in [4.78, 5) is 12.2. The maximum atomic E-state index is 6.06. The molecule has 5 heteroatoms. The highest BCUT2D eigenvalue weighted by Crippen LogP contribution is 2.30. The zero-order chi connectivity index (χ0) is 14.1. The van der Waals surface area contributed by atoms with Gasteiger partial charge in [-0.2, -0.15) is 0 Å². The van der Waals surface area contributed by atoms with Gasteiger partial charge in [0, 0.05) is 22.9 Å². The number of H-pyrrole nitrogens is 1. The lowest BCUT2D eigenvalue weighted by Gasteiger charge is -2.06. The summed E-state index contributed by atoms with van der Waals surface area (Å²) in [5.74, 6) is 1.03. The highest BCUT2D eigenvalue weighted by atomic mass is 35.5. The third-order valence-electron chi connectivity index (χ3n) is 2.92. The van der Waals surface area contributed by atoms with E-state index in [0.717, 1.165) is 21.4 Å². The van der Waals surface area contributed by atoms with E-state index in [4.69, 9.17) is 11.6 Å². The minimum atomic E-state index is 0.260. The van der Waals surface area contributed by atoms with Crippen LogP contribution in [0.15, 0.2) is 46.5 Å². The molecule has 3 aromatic rings. The largest absolute Gasteiger partial charge is 0.349 e. The summed E-state index contributed by atoms with van der Waals surface area (Å²) in [5.41, 5.74) is 1.12. The Balaban J connectivity index is 1.94. The number of rotatable bonds is 3. The van der Waals surface area contributed by atoms with Crippen molar-refractivity contribution in [2.45, 2.75) is 29.8 Å². The average Bonchev–Trinajstić information content (AvgIpc) is 2.79. The van der Waals surface area contributed by atoms with Crippen molar-refractivity contribution in [3.05, 3.63) is 47.4 Å². The molecule has 102 valence electrons. The standard InChI is InChI=1S/C15H14ClN3S/c1-9(2)15-18-12(16)8-14(19-15)20-13-7-10-5-3-4-6-11(10)17-13/h3-9,17H,1-2H3. The monoisotopic (exact) mass is 303 g/mol. The first kappa shape index (κ1) is 13.5. The van der Waals surface area contributed by atoms with Gasteiger partial charge in [0.2, 0.25) is 0 Å². The van der Waals surface area contributed by atoms with E-state index in [0.29, 0.717) is 5.15 Å². The van der Waals surface area contributed by atoms with Gasteiger partial charge in [0.25, 0.3) is 0 Å². The Kier molecular flexibility index (Phi) is 3.68. The van der Waals surface area contributed by atoms with Gasteiger partial charge in [-0.15, -0.1) is 0 Å². The van der Waals surface area contributed by atoms with Gasteiger partial charge in [-0.05, 0) is 12.1 Å². The molecule has 0 aliphatic heterocycles. The van der Waals surface area contributed by atoms with Gasteiger partial charge < -0.3 is 4.98 Å². The number of nitrogens with one attached hydrogen (secondary N) is 1. The lowest BCUT2D eigenvalue weighted by molar-refractivity contribution is 0.753. The fraction of sp³-hybridized carbons (Fsp3) is 0.200. The molecule has 3 rings (SSSR count). The Morgan fingerprint density at radius 2 is 1.95 bits per heavy atom. The molecule has 2 aromatic heterocycles. The van der Waals surface area contributed by atoms with Crippen molar-refractivity contribution in [1.82, 2.24) is 15.0 Å². The molecule has 0 saturated heterocycles. The molecule has 0 fully saturated rings. The zero-order valence-corrected chi connectivity index (χ0v) is 12.8. The second-order valence-corrected chi connectivity index (χ2v) is 6.31. The molecule has 2 heterocycles. The van der Waals surface area contributed by atoms with Crippen LogP contribution in [0.5, 0.6) is 0 Å². The summed E-state index contributed by atoms with van der Waals surface area (Å²) < 4.78 is 0. The molecule has 0 radical (unpaired) electrons. The number of para-hydroxylation sites is 1. The first-order valence-corrected chi connectivity index (χ1v) is 7.61. The molecule has 1 aromatic carbocycles. The second kappa shape index (κ2) is 5.46. The van der Waals surface area contributed by atoms with Crippen molar-refractivity contribution in [2.24, 2.45) is 0 Å². The predicted octanol–water partition coefficient (Wildman–Crippen LogP) is 4.89. The smallest absolute Gasteiger partial charge is 0.133 e. The Bertz CT molecular complexity index is 719. The normalized spacial score (nSPS) is 11.4. The zero-order valence-electron chi connectivity index (χ0n) is 11.2. The molecule has 0 spiro atoms. The second-order valence-electron chi connectivity index (χ2n) is 4.86. The van der Waals surface area contributed by atoms with Crippen molar-refractivity contribution in [1.29, 1.82) is 0 Å². The number of benzene rings is 1. The van der Waals surface area contributed by atoms with Crippen molar-refractivity contribution in [2.75, 3.05) is 0 Å². The summed E-state index contributed by atoms with van der Waals surface area (Å²) >= 11 is 7.63. The molecule has 0 aliphatic carbocycles. The van der Waals surface area contributed by atoms with E-state index < -0.39 is 0 Å². The van der Waals surface area contributed by atoms with Crippen LogP contribution in [-0.4, -0.2) is 15.0 Å². The predicted molar refractivity (Wildman–Crippen MR) is 83.6 cm³/mol. The van der Waals surface area contributed by atoms with Gasteiger partial charge in [0.15, 0.2) is 0 Å². The number of aromatic amines is 1. The summed E-state index contributed by atoms with van der Waals surface area (Å²) in [5, 5.41) is 3.59. The van der Waals surface area contributed by atoms with Crippen LogP contribution in [0.3, 0.4) is 0 Å². The highest BCUT2D eigenvalue weighted by molar-refractivity contribution is 7.99. The number of halogens is 1. The highest BCUT2D eigenvalue weighted by Gasteiger charge is 2.09. The van der Waals surface area contributed by atoms with Gasteiger partial charge in [-0.1, -0.05) is 55.4 Å². The molecule has 0 bridgehead atoms. The molecular weight excluding hydrogens is 290 g/mol. The molecule has 1 N–H and O–H groups in total. The third-order valence-corrected chi connectivity index (χ3v) is 3.98. The van der Waals surface area contributed by atoms with Crippen LogP contribution in [-0.2, 0) is 0 Å². The van der Waals surface area contributed by atoms with Gasteiger partial charge >= 0.3 is 0 Å². The molecule has 20 heavy (non-hydrogen) atoms. The SMILES string of the molecule is CC(C)c1nc(Cl)cc(Sc2cc3ccccc3[nH]2)n1. The fourth-order valence-electron chi connectivity index (χ4n) is 1.94. The van der Waals surface area contributed by atoms with Crippen LogP contribution in [0.2, 0.25) is 5.15 Å². The Morgan fingerprint density at radius 3 is 2.70 bits per heavy atom. The minimum absolute atomic E-state index is 0.260. The minimum Gasteiger partial charge on any atom is -0.349 e. The van der Waals surface area contributed by atoms with E-state index in [1.807, 2.05) is 12.1 Å². The molecule has 0 saturated carbocycles. The van der Waals surface area contributed by atoms with Crippen LogP contribution >= 0.6 is 23.4 Å². The fourth-order valence-corrected chi connectivity index (χ4v) is 3.08. The first-order chi connectivity index (χ1) is 9.61. The van der Waals surface area contributed by atoms with Crippen LogP contribution in [0, 0.1) is 0 Å². The van der Waals surface area contributed by atoms with E-state index in [1.165, 1.54) is 5.39 Å². The number of hydrogen-bond acceptors (Lipinski definition) is 3. The van der Waals surface area contributed by atoms with Crippen LogP contribution < -0.4 is 0 Å².